The van der Waals surface area contributed by atoms with Gasteiger partial charge < -0.3 is 4.90 Å². The van der Waals surface area contributed by atoms with Crippen molar-refractivity contribution in [1.82, 2.24) is 9.88 Å². The number of carbonyl (C=O) groups is 1. The normalized spacial score (nSPS) is 11.3. The molecule has 0 radical (unpaired) electrons. The van der Waals surface area contributed by atoms with Gasteiger partial charge in [0.1, 0.15) is 11.3 Å². The van der Waals surface area contributed by atoms with E-state index in [1.807, 2.05) is 55.6 Å². The van der Waals surface area contributed by atoms with Crippen LogP contribution in [-0.2, 0) is 0 Å². The number of thiazole rings is 1. The second-order valence-corrected chi connectivity index (χ2v) is 7.96. The van der Waals surface area contributed by atoms with Crippen LogP contribution in [0.15, 0.2) is 47.4 Å². The van der Waals surface area contributed by atoms with Crippen molar-refractivity contribution in [3.05, 3.63) is 53.8 Å². The molecule has 7 heteroatoms. The fourth-order valence-corrected chi connectivity index (χ4v) is 3.90. The molecular weight excluding hydrogens is 369 g/mol. The quantitative estimate of drug-likeness (QED) is 0.587. The molecule has 1 heterocycles. The topological polar surface area (TPSA) is 36.4 Å². The van der Waals surface area contributed by atoms with E-state index in [1.54, 1.807) is 22.7 Å². The molecule has 0 bridgehead atoms. The van der Waals surface area contributed by atoms with Gasteiger partial charge in [0.15, 0.2) is 5.13 Å². The Kier molecular flexibility index (Phi) is 5.90. The van der Waals surface area contributed by atoms with Crippen molar-refractivity contribution in [3.8, 4) is 0 Å². The number of aromatic nitrogens is 1. The Morgan fingerprint density at radius 3 is 2.50 bits per heavy atom. The van der Waals surface area contributed by atoms with Crippen molar-refractivity contribution in [3.63, 3.8) is 0 Å². The molecule has 0 aliphatic rings. The molecule has 0 aliphatic heterocycles. The Bertz CT molecular complexity index is 909. The Morgan fingerprint density at radius 2 is 1.88 bits per heavy atom. The van der Waals surface area contributed by atoms with Crippen LogP contribution in [0.25, 0.3) is 10.2 Å². The fourth-order valence-electron chi connectivity index (χ4n) is 2.49. The average Bonchev–Trinajstić information content (AvgIpc) is 3.07. The summed E-state index contributed by atoms with van der Waals surface area (Å²) in [5.74, 6) is -0.492. The van der Waals surface area contributed by atoms with E-state index in [1.165, 1.54) is 17.4 Å². The van der Waals surface area contributed by atoms with Crippen LogP contribution in [0.4, 0.5) is 9.52 Å². The lowest BCUT2D eigenvalue weighted by molar-refractivity contribution is 0.0985. The van der Waals surface area contributed by atoms with E-state index in [9.17, 15) is 9.18 Å². The lowest BCUT2D eigenvalue weighted by atomic mass is 10.2. The van der Waals surface area contributed by atoms with Crippen molar-refractivity contribution >= 4 is 44.4 Å². The number of fused-ring (bicyclic) bond motifs is 1. The van der Waals surface area contributed by atoms with Crippen LogP contribution in [0.3, 0.4) is 0 Å². The number of halogens is 1. The molecular formula is C19H20FN3OS2. The molecule has 0 fully saturated rings. The summed E-state index contributed by atoms with van der Waals surface area (Å²) in [5, 5.41) is 0.519. The standard InChI is InChI=1S/C19H20FN3OS2/c1-22(2)11-12-23(18(24)13-7-9-14(25-3)10-8-13)19-21-17-15(20)5-4-6-16(17)26-19/h4-10H,11-12H2,1-3H3. The summed E-state index contributed by atoms with van der Waals surface area (Å²) in [5.41, 5.74) is 0.911. The summed E-state index contributed by atoms with van der Waals surface area (Å²) in [4.78, 5) is 22.2. The highest BCUT2D eigenvalue weighted by atomic mass is 32.2. The molecule has 0 saturated carbocycles. The summed E-state index contributed by atoms with van der Waals surface area (Å²) in [6.07, 6.45) is 2.00. The van der Waals surface area contributed by atoms with Gasteiger partial charge in [-0.1, -0.05) is 17.4 Å². The van der Waals surface area contributed by atoms with Crippen LogP contribution in [0.2, 0.25) is 0 Å². The molecule has 0 N–H and O–H groups in total. The lowest BCUT2D eigenvalue weighted by Gasteiger charge is -2.22. The van der Waals surface area contributed by atoms with Crippen molar-refractivity contribution < 1.29 is 9.18 Å². The van der Waals surface area contributed by atoms with Crippen molar-refractivity contribution in [2.24, 2.45) is 0 Å². The monoisotopic (exact) mass is 389 g/mol. The molecule has 4 nitrogen and oxygen atoms in total. The number of thioether (sulfide) groups is 1. The van der Waals surface area contributed by atoms with E-state index in [-0.39, 0.29) is 11.7 Å². The number of anilines is 1. The summed E-state index contributed by atoms with van der Waals surface area (Å²) in [6, 6.07) is 12.4. The summed E-state index contributed by atoms with van der Waals surface area (Å²) < 4.78 is 14.8. The number of hydrogen-bond acceptors (Lipinski definition) is 5. The zero-order valence-corrected chi connectivity index (χ0v) is 16.5. The van der Waals surface area contributed by atoms with Gasteiger partial charge in [-0.2, -0.15) is 0 Å². The first-order valence-electron chi connectivity index (χ1n) is 8.15. The first kappa shape index (κ1) is 18.8. The van der Waals surface area contributed by atoms with Gasteiger partial charge in [0.25, 0.3) is 5.91 Å². The molecule has 3 rings (SSSR count). The van der Waals surface area contributed by atoms with Gasteiger partial charge in [-0.15, -0.1) is 11.8 Å². The maximum Gasteiger partial charge on any atom is 0.260 e. The third-order valence-corrected chi connectivity index (χ3v) is 5.73. The number of hydrogen-bond donors (Lipinski definition) is 0. The van der Waals surface area contributed by atoms with Gasteiger partial charge in [-0.25, -0.2) is 9.37 Å². The van der Waals surface area contributed by atoms with E-state index < -0.39 is 0 Å². The molecule has 1 amide bonds. The number of rotatable bonds is 6. The number of para-hydroxylation sites is 1. The van der Waals surface area contributed by atoms with Crippen molar-refractivity contribution in [2.75, 3.05) is 38.3 Å². The smallest absolute Gasteiger partial charge is 0.260 e. The molecule has 3 aromatic rings. The van der Waals surface area contributed by atoms with Crippen LogP contribution in [0.1, 0.15) is 10.4 Å². The highest BCUT2D eigenvalue weighted by molar-refractivity contribution is 7.98. The number of benzene rings is 2. The number of carbonyl (C=O) groups excluding carboxylic acids is 1. The van der Waals surface area contributed by atoms with Crippen LogP contribution < -0.4 is 4.90 Å². The van der Waals surface area contributed by atoms with E-state index in [2.05, 4.69) is 4.98 Å². The maximum atomic E-state index is 14.0. The van der Waals surface area contributed by atoms with E-state index in [0.29, 0.717) is 29.3 Å². The van der Waals surface area contributed by atoms with Crippen molar-refractivity contribution in [2.45, 2.75) is 4.90 Å². The number of amides is 1. The molecule has 26 heavy (non-hydrogen) atoms. The predicted molar refractivity (Wildman–Crippen MR) is 108 cm³/mol. The maximum absolute atomic E-state index is 14.0. The number of likely N-dealkylation sites (N-methyl/N-ethyl adjacent to an activating group) is 1. The Morgan fingerprint density at radius 1 is 1.15 bits per heavy atom. The van der Waals surface area contributed by atoms with Gasteiger partial charge >= 0.3 is 0 Å². The molecule has 0 saturated heterocycles. The minimum Gasteiger partial charge on any atom is -0.308 e. The lowest BCUT2D eigenvalue weighted by Crippen LogP contribution is -2.36. The Hall–Kier alpha value is -1.96. The van der Waals surface area contributed by atoms with Gasteiger partial charge in [-0.05, 0) is 56.7 Å². The van der Waals surface area contributed by atoms with E-state index in [0.717, 1.165) is 9.60 Å². The highest BCUT2D eigenvalue weighted by Crippen LogP contribution is 2.31. The zero-order chi connectivity index (χ0) is 18.7. The molecule has 0 unspecified atom stereocenters. The molecule has 1 aromatic heterocycles. The second-order valence-electron chi connectivity index (χ2n) is 6.07. The molecule has 2 aromatic carbocycles. The summed E-state index contributed by atoms with van der Waals surface area (Å²) in [7, 11) is 3.90. The third kappa shape index (κ3) is 4.06. The van der Waals surface area contributed by atoms with Crippen LogP contribution >= 0.6 is 23.1 Å². The van der Waals surface area contributed by atoms with Crippen LogP contribution in [0.5, 0.6) is 0 Å². The molecule has 0 atom stereocenters. The Balaban J connectivity index is 1.97. The fraction of sp³-hybridized carbons (Fsp3) is 0.263. The molecule has 0 spiro atoms. The minimum atomic E-state index is -0.366. The van der Waals surface area contributed by atoms with Gasteiger partial charge in [0, 0.05) is 23.5 Å². The van der Waals surface area contributed by atoms with E-state index >= 15 is 0 Å². The first-order chi connectivity index (χ1) is 12.5. The van der Waals surface area contributed by atoms with Crippen molar-refractivity contribution in [1.29, 1.82) is 0 Å². The largest absolute Gasteiger partial charge is 0.308 e. The van der Waals surface area contributed by atoms with E-state index in [4.69, 9.17) is 0 Å². The van der Waals surface area contributed by atoms with Gasteiger partial charge in [-0.3, -0.25) is 9.69 Å². The average molecular weight is 390 g/mol. The summed E-state index contributed by atoms with van der Waals surface area (Å²) >= 11 is 2.96. The first-order valence-corrected chi connectivity index (χ1v) is 10.2. The Labute approximate surface area is 160 Å². The number of nitrogens with zero attached hydrogens (tertiary/aromatic N) is 3. The van der Waals surface area contributed by atoms with Gasteiger partial charge in [0.2, 0.25) is 0 Å². The summed E-state index contributed by atoms with van der Waals surface area (Å²) in [6.45, 7) is 1.17. The SMILES string of the molecule is CSc1ccc(C(=O)N(CCN(C)C)c2nc3c(F)cccc3s2)cc1. The van der Waals surface area contributed by atoms with Gasteiger partial charge in [0.05, 0.1) is 4.70 Å². The minimum absolute atomic E-state index is 0.126. The highest BCUT2D eigenvalue weighted by Gasteiger charge is 2.22. The van der Waals surface area contributed by atoms with Crippen LogP contribution in [-0.4, -0.2) is 49.2 Å². The predicted octanol–water partition coefficient (Wildman–Crippen LogP) is 4.37. The van der Waals surface area contributed by atoms with Crippen LogP contribution in [0, 0.1) is 5.82 Å². The molecule has 136 valence electrons. The second kappa shape index (κ2) is 8.16. The third-order valence-electron chi connectivity index (χ3n) is 3.94. The zero-order valence-electron chi connectivity index (χ0n) is 14.9. The molecule has 0 aliphatic carbocycles.